The molecule has 0 fully saturated rings. The molecule has 2 aromatic rings. The second-order valence-corrected chi connectivity index (χ2v) is 4.77. The van der Waals surface area contributed by atoms with Crippen molar-refractivity contribution in [2.75, 3.05) is 0 Å². The fourth-order valence-corrected chi connectivity index (χ4v) is 2.84. The molecule has 0 aliphatic rings. The lowest BCUT2D eigenvalue weighted by atomic mass is 10.2. The van der Waals surface area contributed by atoms with E-state index in [1.165, 1.54) is 11.3 Å². The molecule has 0 spiro atoms. The number of aromatic hydroxyl groups is 1. The van der Waals surface area contributed by atoms with Crippen molar-refractivity contribution in [3.05, 3.63) is 26.6 Å². The van der Waals surface area contributed by atoms with Gasteiger partial charge in [-0.3, -0.25) is 4.79 Å². The molecular formula is C9H5IO2S. The minimum Gasteiger partial charge on any atom is -0.507 e. The predicted molar refractivity (Wildman–Crippen MR) is 61.6 cm³/mol. The Hall–Kier alpha value is -0.620. The topological polar surface area (TPSA) is 37.3 Å². The maximum atomic E-state index is 10.5. The molecule has 0 unspecified atom stereocenters. The van der Waals surface area contributed by atoms with E-state index in [-0.39, 0.29) is 5.75 Å². The number of rotatable bonds is 1. The van der Waals surface area contributed by atoms with Crippen LogP contribution in [0.1, 0.15) is 9.67 Å². The summed E-state index contributed by atoms with van der Waals surface area (Å²) in [5, 5.41) is 10.4. The first-order valence-corrected chi connectivity index (χ1v) is 5.48. The number of thiophene rings is 1. The molecule has 4 heteroatoms. The summed E-state index contributed by atoms with van der Waals surface area (Å²) in [4.78, 5) is 11.2. The van der Waals surface area contributed by atoms with Gasteiger partial charge in [-0.2, -0.15) is 0 Å². The van der Waals surface area contributed by atoms with Crippen LogP contribution < -0.4 is 0 Å². The molecule has 13 heavy (non-hydrogen) atoms. The van der Waals surface area contributed by atoms with E-state index >= 15 is 0 Å². The van der Waals surface area contributed by atoms with Crippen molar-refractivity contribution in [3.63, 3.8) is 0 Å². The number of hydrogen-bond acceptors (Lipinski definition) is 3. The highest BCUT2D eigenvalue weighted by atomic mass is 127. The number of phenols is 1. The van der Waals surface area contributed by atoms with Crippen molar-refractivity contribution in [1.29, 1.82) is 0 Å². The molecule has 0 atom stereocenters. The Labute approximate surface area is 92.3 Å². The lowest BCUT2D eigenvalue weighted by molar-refractivity contribution is 0.112. The third-order valence-electron chi connectivity index (χ3n) is 1.75. The minimum absolute atomic E-state index is 0.267. The zero-order chi connectivity index (χ0) is 9.42. The van der Waals surface area contributed by atoms with Crippen molar-refractivity contribution < 1.29 is 9.90 Å². The first-order chi connectivity index (χ1) is 6.22. The molecule has 2 nitrogen and oxygen atoms in total. The third-order valence-corrected chi connectivity index (χ3v) is 3.91. The number of phenolic OH excluding ortho intramolecular Hbond substituents is 1. The molecule has 66 valence electrons. The van der Waals surface area contributed by atoms with Gasteiger partial charge >= 0.3 is 0 Å². The van der Waals surface area contributed by atoms with Gasteiger partial charge < -0.3 is 5.11 Å². The van der Waals surface area contributed by atoms with Gasteiger partial charge in [-0.1, -0.05) is 0 Å². The predicted octanol–water partition coefficient (Wildman–Crippen LogP) is 3.02. The van der Waals surface area contributed by atoms with Crippen LogP contribution in [0.25, 0.3) is 10.1 Å². The van der Waals surface area contributed by atoms with Crippen LogP contribution in [0.5, 0.6) is 5.75 Å². The van der Waals surface area contributed by atoms with Gasteiger partial charge in [-0.15, -0.1) is 11.3 Å². The van der Waals surface area contributed by atoms with E-state index in [9.17, 15) is 9.90 Å². The van der Waals surface area contributed by atoms with Gasteiger partial charge in [-0.05, 0) is 40.8 Å². The Morgan fingerprint density at radius 1 is 1.46 bits per heavy atom. The number of aldehydes is 1. The lowest BCUT2D eigenvalue weighted by Gasteiger charge is -1.96. The molecule has 1 N–H and O–H groups in total. The molecule has 0 amide bonds. The van der Waals surface area contributed by atoms with Gasteiger partial charge in [0.25, 0.3) is 0 Å². The summed E-state index contributed by atoms with van der Waals surface area (Å²) in [6, 6.07) is 5.27. The number of halogens is 1. The minimum atomic E-state index is 0.267. The normalized spacial score (nSPS) is 10.5. The van der Waals surface area contributed by atoms with Crippen LogP contribution in [0.4, 0.5) is 0 Å². The zero-order valence-corrected chi connectivity index (χ0v) is 9.43. The molecule has 0 radical (unpaired) electrons. The highest BCUT2D eigenvalue weighted by molar-refractivity contribution is 14.1. The van der Waals surface area contributed by atoms with Crippen molar-refractivity contribution in [2.24, 2.45) is 0 Å². The number of carbonyl (C=O) groups excluding carboxylic acids is 1. The van der Waals surface area contributed by atoms with Gasteiger partial charge in [0.1, 0.15) is 5.75 Å². The Kier molecular flexibility index (Phi) is 2.25. The Morgan fingerprint density at radius 3 is 2.92 bits per heavy atom. The standard InChI is InChI=1S/C9H5IO2S/c10-9-6-3-5(4-11)13-8(6)2-1-7(9)12/h1-4,12H. The van der Waals surface area contributed by atoms with Crippen LogP contribution >= 0.6 is 33.9 Å². The molecule has 0 bridgehead atoms. The smallest absolute Gasteiger partial charge is 0.160 e. The van der Waals surface area contributed by atoms with Crippen LogP contribution in [0, 0.1) is 3.57 Å². The molecular weight excluding hydrogens is 299 g/mol. The largest absolute Gasteiger partial charge is 0.507 e. The van der Waals surface area contributed by atoms with E-state index in [0.717, 1.165) is 19.9 Å². The molecule has 0 aliphatic heterocycles. The molecule has 0 saturated heterocycles. The van der Waals surface area contributed by atoms with Gasteiger partial charge in [0, 0.05) is 10.1 Å². The van der Waals surface area contributed by atoms with Gasteiger partial charge in [0.2, 0.25) is 0 Å². The fraction of sp³-hybridized carbons (Fsp3) is 0. The summed E-state index contributed by atoms with van der Waals surface area (Å²) in [6.45, 7) is 0. The quantitative estimate of drug-likeness (QED) is 0.649. The van der Waals surface area contributed by atoms with E-state index in [1.54, 1.807) is 12.1 Å². The summed E-state index contributed by atoms with van der Waals surface area (Å²) in [5.74, 6) is 0.267. The molecule has 1 aromatic carbocycles. The van der Waals surface area contributed by atoms with Crippen LogP contribution in [0.2, 0.25) is 0 Å². The van der Waals surface area contributed by atoms with Gasteiger partial charge in [-0.25, -0.2) is 0 Å². The van der Waals surface area contributed by atoms with Crippen molar-refractivity contribution >= 4 is 50.3 Å². The van der Waals surface area contributed by atoms with E-state index < -0.39 is 0 Å². The Bertz CT molecular complexity index is 476. The van der Waals surface area contributed by atoms with Crippen LogP contribution in [0.3, 0.4) is 0 Å². The molecule has 0 aliphatic carbocycles. The second kappa shape index (κ2) is 3.26. The third kappa shape index (κ3) is 1.44. The van der Waals surface area contributed by atoms with Crippen molar-refractivity contribution in [1.82, 2.24) is 0 Å². The Balaban J connectivity index is 2.83. The van der Waals surface area contributed by atoms with E-state index in [1.807, 2.05) is 6.07 Å². The Morgan fingerprint density at radius 2 is 2.23 bits per heavy atom. The maximum Gasteiger partial charge on any atom is 0.160 e. The average Bonchev–Trinajstić information content (AvgIpc) is 2.55. The average molecular weight is 304 g/mol. The van der Waals surface area contributed by atoms with E-state index in [0.29, 0.717) is 4.88 Å². The lowest BCUT2D eigenvalue weighted by Crippen LogP contribution is -1.73. The number of benzene rings is 1. The molecule has 2 rings (SSSR count). The maximum absolute atomic E-state index is 10.5. The van der Waals surface area contributed by atoms with E-state index in [4.69, 9.17) is 0 Å². The SMILES string of the molecule is O=Cc1cc2c(I)c(O)ccc2s1. The number of carbonyl (C=O) groups is 1. The monoisotopic (exact) mass is 304 g/mol. The van der Waals surface area contributed by atoms with Gasteiger partial charge in [0.15, 0.2) is 6.29 Å². The highest BCUT2D eigenvalue weighted by Crippen LogP contribution is 2.33. The summed E-state index contributed by atoms with van der Waals surface area (Å²) >= 11 is 3.51. The number of hydrogen-bond donors (Lipinski definition) is 1. The van der Waals surface area contributed by atoms with Crippen LogP contribution in [0.15, 0.2) is 18.2 Å². The van der Waals surface area contributed by atoms with Gasteiger partial charge in [0.05, 0.1) is 8.45 Å². The van der Waals surface area contributed by atoms with Crippen molar-refractivity contribution in [2.45, 2.75) is 0 Å². The summed E-state index contributed by atoms with van der Waals surface area (Å²) < 4.78 is 1.84. The first kappa shape index (κ1) is 8.96. The van der Waals surface area contributed by atoms with Crippen molar-refractivity contribution in [3.8, 4) is 5.75 Å². The highest BCUT2D eigenvalue weighted by Gasteiger charge is 2.07. The zero-order valence-electron chi connectivity index (χ0n) is 6.45. The summed E-state index contributed by atoms with van der Waals surface area (Å²) in [6.07, 6.45) is 0.831. The first-order valence-electron chi connectivity index (χ1n) is 3.58. The fourth-order valence-electron chi connectivity index (χ4n) is 1.14. The molecule has 0 saturated carbocycles. The van der Waals surface area contributed by atoms with Crippen LogP contribution in [-0.2, 0) is 0 Å². The number of fused-ring (bicyclic) bond motifs is 1. The van der Waals surface area contributed by atoms with E-state index in [2.05, 4.69) is 22.6 Å². The van der Waals surface area contributed by atoms with Crippen LogP contribution in [-0.4, -0.2) is 11.4 Å². The summed E-state index contributed by atoms with van der Waals surface area (Å²) in [5.41, 5.74) is 0. The molecule has 1 aromatic heterocycles. The molecule has 1 heterocycles. The second-order valence-electron chi connectivity index (χ2n) is 2.58. The summed E-state index contributed by atoms with van der Waals surface area (Å²) in [7, 11) is 0.